The monoisotopic (exact) mass is 407 g/mol. The summed E-state index contributed by atoms with van der Waals surface area (Å²) in [5, 5.41) is 0.606. The SMILES string of the molecule is Cc1ccc(C(=O)N(CCCN(C)C)c2nc3ccc(F)cc3s2)cc1.Cl. The molecule has 144 valence electrons. The lowest BCUT2D eigenvalue weighted by Gasteiger charge is -2.21. The van der Waals surface area contributed by atoms with E-state index in [1.54, 1.807) is 11.0 Å². The van der Waals surface area contributed by atoms with Crippen LogP contribution in [0.2, 0.25) is 0 Å². The fraction of sp³-hybridized carbons (Fsp3) is 0.300. The lowest BCUT2D eigenvalue weighted by atomic mass is 10.1. The molecule has 0 atom stereocenters. The lowest BCUT2D eigenvalue weighted by molar-refractivity contribution is 0.0986. The summed E-state index contributed by atoms with van der Waals surface area (Å²) in [6, 6.07) is 12.0. The first kappa shape index (κ1) is 21.3. The number of anilines is 1. The van der Waals surface area contributed by atoms with Crippen LogP contribution in [0.4, 0.5) is 9.52 Å². The Hall–Kier alpha value is -2.02. The number of aryl methyl sites for hydroxylation is 1. The fourth-order valence-electron chi connectivity index (χ4n) is 2.68. The molecule has 3 rings (SSSR count). The second-order valence-electron chi connectivity index (χ2n) is 6.59. The molecule has 0 unspecified atom stereocenters. The zero-order valence-corrected chi connectivity index (χ0v) is 17.2. The van der Waals surface area contributed by atoms with E-state index in [0.29, 0.717) is 22.8 Å². The Labute approximate surface area is 169 Å². The molecule has 0 aliphatic heterocycles. The van der Waals surface area contributed by atoms with Crippen molar-refractivity contribution in [2.24, 2.45) is 0 Å². The summed E-state index contributed by atoms with van der Waals surface area (Å²) < 4.78 is 14.2. The first-order chi connectivity index (χ1) is 12.4. The van der Waals surface area contributed by atoms with Crippen molar-refractivity contribution in [3.05, 3.63) is 59.4 Å². The Bertz CT molecular complexity index is 911. The number of hydrogen-bond acceptors (Lipinski definition) is 4. The summed E-state index contributed by atoms with van der Waals surface area (Å²) in [4.78, 5) is 21.4. The Kier molecular flexibility index (Phi) is 7.30. The van der Waals surface area contributed by atoms with Crippen molar-refractivity contribution >= 4 is 45.0 Å². The van der Waals surface area contributed by atoms with Crippen LogP contribution in [-0.4, -0.2) is 43.0 Å². The van der Waals surface area contributed by atoms with Crippen LogP contribution < -0.4 is 4.90 Å². The molecule has 0 aliphatic rings. The summed E-state index contributed by atoms with van der Waals surface area (Å²) in [7, 11) is 4.01. The van der Waals surface area contributed by atoms with Crippen LogP contribution in [0.5, 0.6) is 0 Å². The van der Waals surface area contributed by atoms with Gasteiger partial charge in [0.1, 0.15) is 5.82 Å². The third-order valence-corrected chi connectivity index (χ3v) is 5.14. The summed E-state index contributed by atoms with van der Waals surface area (Å²) in [5.41, 5.74) is 2.45. The van der Waals surface area contributed by atoms with E-state index in [4.69, 9.17) is 0 Å². The molecule has 0 aliphatic carbocycles. The van der Waals surface area contributed by atoms with Crippen LogP contribution in [-0.2, 0) is 0 Å². The van der Waals surface area contributed by atoms with E-state index in [0.717, 1.165) is 23.2 Å². The molecule has 27 heavy (non-hydrogen) atoms. The normalized spacial score (nSPS) is 10.9. The molecule has 7 heteroatoms. The zero-order chi connectivity index (χ0) is 18.7. The number of rotatable bonds is 6. The maximum absolute atomic E-state index is 13.5. The molecule has 0 bridgehead atoms. The number of halogens is 2. The maximum Gasteiger partial charge on any atom is 0.260 e. The van der Waals surface area contributed by atoms with Crippen molar-refractivity contribution in [3.8, 4) is 0 Å². The Morgan fingerprint density at radius 2 is 1.81 bits per heavy atom. The molecule has 3 aromatic rings. The quantitative estimate of drug-likeness (QED) is 0.590. The number of fused-ring (bicyclic) bond motifs is 1. The minimum atomic E-state index is -0.295. The van der Waals surface area contributed by atoms with Crippen LogP contribution in [0.15, 0.2) is 42.5 Å². The van der Waals surface area contributed by atoms with Crippen LogP contribution in [0.3, 0.4) is 0 Å². The second kappa shape index (κ2) is 9.26. The van der Waals surface area contributed by atoms with Crippen LogP contribution >= 0.6 is 23.7 Å². The van der Waals surface area contributed by atoms with Gasteiger partial charge in [0.2, 0.25) is 0 Å². The third-order valence-electron chi connectivity index (χ3n) is 4.10. The van der Waals surface area contributed by atoms with Crippen molar-refractivity contribution < 1.29 is 9.18 Å². The molecule has 4 nitrogen and oxygen atoms in total. The molecule has 0 saturated heterocycles. The number of benzene rings is 2. The highest BCUT2D eigenvalue weighted by Crippen LogP contribution is 2.30. The Balaban J connectivity index is 0.00000261. The maximum atomic E-state index is 13.5. The predicted octanol–water partition coefficient (Wildman–Crippen LogP) is 4.76. The number of carbonyl (C=O) groups is 1. The largest absolute Gasteiger partial charge is 0.309 e. The van der Waals surface area contributed by atoms with Gasteiger partial charge in [-0.1, -0.05) is 29.0 Å². The lowest BCUT2D eigenvalue weighted by Crippen LogP contribution is -2.33. The van der Waals surface area contributed by atoms with E-state index in [-0.39, 0.29) is 24.1 Å². The first-order valence-corrected chi connectivity index (χ1v) is 9.35. The van der Waals surface area contributed by atoms with Crippen LogP contribution in [0.25, 0.3) is 10.2 Å². The van der Waals surface area contributed by atoms with Gasteiger partial charge in [0, 0.05) is 12.1 Å². The average Bonchev–Trinajstić information content (AvgIpc) is 3.01. The van der Waals surface area contributed by atoms with Crippen molar-refractivity contribution in [2.45, 2.75) is 13.3 Å². The van der Waals surface area contributed by atoms with Crippen molar-refractivity contribution in [1.29, 1.82) is 0 Å². The Morgan fingerprint density at radius 3 is 2.48 bits per heavy atom. The smallest absolute Gasteiger partial charge is 0.260 e. The Morgan fingerprint density at radius 1 is 1.11 bits per heavy atom. The molecule has 0 saturated carbocycles. The van der Waals surface area contributed by atoms with Crippen LogP contribution in [0.1, 0.15) is 22.3 Å². The van der Waals surface area contributed by atoms with Gasteiger partial charge in [0.25, 0.3) is 5.91 Å². The van der Waals surface area contributed by atoms with Crippen molar-refractivity contribution in [2.75, 3.05) is 32.1 Å². The number of hydrogen-bond donors (Lipinski definition) is 0. The van der Waals surface area contributed by atoms with Gasteiger partial charge in [-0.2, -0.15) is 0 Å². The van der Waals surface area contributed by atoms with E-state index in [1.807, 2.05) is 45.3 Å². The summed E-state index contributed by atoms with van der Waals surface area (Å²) in [5.74, 6) is -0.375. The molecular formula is C20H23ClFN3OS. The van der Waals surface area contributed by atoms with E-state index < -0.39 is 0 Å². The number of aromatic nitrogens is 1. The number of carbonyl (C=O) groups excluding carboxylic acids is 1. The molecule has 0 N–H and O–H groups in total. The van der Waals surface area contributed by atoms with Gasteiger partial charge in [-0.3, -0.25) is 9.69 Å². The van der Waals surface area contributed by atoms with Gasteiger partial charge in [-0.25, -0.2) is 9.37 Å². The standard InChI is InChI=1S/C20H22FN3OS.ClH/c1-14-5-7-15(8-6-14)19(25)24(12-4-11-23(2)3)20-22-17-10-9-16(21)13-18(17)26-20;/h5-10,13H,4,11-12H2,1-3H3;1H. The van der Waals surface area contributed by atoms with Gasteiger partial charge in [0.05, 0.1) is 10.2 Å². The molecule has 0 fully saturated rings. The topological polar surface area (TPSA) is 36.4 Å². The fourth-order valence-corrected chi connectivity index (χ4v) is 3.70. The average molecular weight is 408 g/mol. The number of nitrogens with zero attached hydrogens (tertiary/aromatic N) is 3. The molecule has 2 aromatic carbocycles. The van der Waals surface area contributed by atoms with E-state index >= 15 is 0 Å². The van der Waals surface area contributed by atoms with Crippen molar-refractivity contribution in [1.82, 2.24) is 9.88 Å². The molecule has 1 amide bonds. The van der Waals surface area contributed by atoms with Gasteiger partial charge < -0.3 is 4.90 Å². The second-order valence-corrected chi connectivity index (χ2v) is 7.60. The van der Waals surface area contributed by atoms with Gasteiger partial charge in [-0.15, -0.1) is 12.4 Å². The highest BCUT2D eigenvalue weighted by Gasteiger charge is 2.21. The minimum Gasteiger partial charge on any atom is -0.309 e. The van der Waals surface area contributed by atoms with Crippen LogP contribution in [0, 0.1) is 12.7 Å². The highest BCUT2D eigenvalue weighted by molar-refractivity contribution is 7.22. The number of thiazole rings is 1. The molecule has 0 spiro atoms. The van der Waals surface area contributed by atoms with E-state index in [9.17, 15) is 9.18 Å². The third kappa shape index (κ3) is 5.25. The summed E-state index contributed by atoms with van der Waals surface area (Å²) in [6.45, 7) is 3.43. The number of amides is 1. The summed E-state index contributed by atoms with van der Waals surface area (Å²) >= 11 is 1.34. The molecule has 1 heterocycles. The molecular weight excluding hydrogens is 385 g/mol. The van der Waals surface area contributed by atoms with E-state index in [2.05, 4.69) is 9.88 Å². The summed E-state index contributed by atoms with van der Waals surface area (Å²) in [6.07, 6.45) is 0.828. The van der Waals surface area contributed by atoms with Gasteiger partial charge in [-0.05, 0) is 64.3 Å². The molecule has 0 radical (unpaired) electrons. The van der Waals surface area contributed by atoms with E-state index in [1.165, 1.54) is 23.5 Å². The van der Waals surface area contributed by atoms with Crippen molar-refractivity contribution in [3.63, 3.8) is 0 Å². The minimum absolute atomic E-state index is 0. The zero-order valence-electron chi connectivity index (χ0n) is 15.6. The highest BCUT2D eigenvalue weighted by atomic mass is 35.5. The van der Waals surface area contributed by atoms with Gasteiger partial charge >= 0.3 is 0 Å². The first-order valence-electron chi connectivity index (χ1n) is 8.53. The molecule has 1 aromatic heterocycles. The predicted molar refractivity (Wildman–Crippen MR) is 113 cm³/mol. The van der Waals surface area contributed by atoms with Gasteiger partial charge in [0.15, 0.2) is 5.13 Å².